The second-order valence-corrected chi connectivity index (χ2v) is 5.98. The van der Waals surface area contributed by atoms with E-state index in [0.717, 1.165) is 30.0 Å². The topological polar surface area (TPSA) is 56.4 Å². The molecule has 5 nitrogen and oxygen atoms in total. The molecule has 3 rings (SSSR count). The Morgan fingerprint density at radius 3 is 2.86 bits per heavy atom. The highest BCUT2D eigenvalue weighted by Crippen LogP contribution is 2.34. The summed E-state index contributed by atoms with van der Waals surface area (Å²) in [4.78, 5) is 29.8. The van der Waals surface area contributed by atoms with Crippen molar-refractivity contribution >= 4 is 28.6 Å². The van der Waals surface area contributed by atoms with Crippen LogP contribution in [0.15, 0.2) is 28.4 Å². The van der Waals surface area contributed by atoms with Gasteiger partial charge in [-0.05, 0) is 24.6 Å². The lowest BCUT2D eigenvalue weighted by molar-refractivity contribution is 0.0982. The first-order valence-corrected chi connectivity index (χ1v) is 8.02. The van der Waals surface area contributed by atoms with Gasteiger partial charge in [0, 0.05) is 25.0 Å². The van der Waals surface area contributed by atoms with Crippen LogP contribution in [0.25, 0.3) is 0 Å². The third kappa shape index (κ3) is 2.64. The van der Waals surface area contributed by atoms with Crippen LogP contribution in [0.3, 0.4) is 0 Å². The van der Waals surface area contributed by atoms with Crippen LogP contribution in [0.2, 0.25) is 0 Å². The number of aromatic amines is 1. The van der Waals surface area contributed by atoms with Crippen LogP contribution >= 0.6 is 11.3 Å². The predicted octanol–water partition coefficient (Wildman–Crippen LogP) is 2.45. The molecule has 2 heterocycles. The summed E-state index contributed by atoms with van der Waals surface area (Å²) in [5.74, 6) is -0.583. The molecule has 1 aliphatic heterocycles. The highest BCUT2D eigenvalue weighted by atomic mass is 32.1. The molecule has 0 spiro atoms. The molecular weight excluding hydrogens is 305 g/mol. The molecule has 22 heavy (non-hydrogen) atoms. The summed E-state index contributed by atoms with van der Waals surface area (Å²) in [5.41, 5.74) is 1.67. The number of aromatic nitrogens is 1. The number of hydrogen-bond donors (Lipinski definition) is 1. The summed E-state index contributed by atoms with van der Waals surface area (Å²) >= 11 is 0.960. The Morgan fingerprint density at radius 2 is 2.18 bits per heavy atom. The van der Waals surface area contributed by atoms with E-state index in [2.05, 4.69) is 16.8 Å². The van der Waals surface area contributed by atoms with Gasteiger partial charge in [-0.1, -0.05) is 18.3 Å². The molecule has 0 bridgehead atoms. The van der Waals surface area contributed by atoms with Crippen LogP contribution in [0.5, 0.6) is 0 Å². The van der Waals surface area contributed by atoms with Gasteiger partial charge in [-0.3, -0.25) is 9.59 Å². The molecule has 0 unspecified atom stereocenters. The summed E-state index contributed by atoms with van der Waals surface area (Å²) in [7, 11) is 0. The number of halogens is 1. The van der Waals surface area contributed by atoms with Gasteiger partial charge < -0.3 is 14.8 Å². The molecule has 1 aromatic carbocycles. The first-order valence-electron chi connectivity index (χ1n) is 7.14. The van der Waals surface area contributed by atoms with Gasteiger partial charge >= 0.3 is 4.87 Å². The van der Waals surface area contributed by atoms with Gasteiger partial charge in [0.15, 0.2) is 0 Å². The zero-order valence-corrected chi connectivity index (χ0v) is 13.0. The fourth-order valence-electron chi connectivity index (χ4n) is 2.68. The molecule has 1 amide bonds. The van der Waals surface area contributed by atoms with Gasteiger partial charge in [-0.25, -0.2) is 4.39 Å². The number of nitrogens with one attached hydrogen (secondary N) is 1. The van der Waals surface area contributed by atoms with Crippen molar-refractivity contribution in [2.75, 3.05) is 29.4 Å². The minimum Gasteiger partial charge on any atom is -0.368 e. The van der Waals surface area contributed by atoms with Crippen molar-refractivity contribution in [2.24, 2.45) is 0 Å². The number of anilines is 2. The molecule has 0 saturated heterocycles. The van der Waals surface area contributed by atoms with Gasteiger partial charge in [0.1, 0.15) is 11.5 Å². The molecule has 0 radical (unpaired) electrons. The van der Waals surface area contributed by atoms with E-state index in [1.165, 1.54) is 17.5 Å². The standard InChI is InChI=1S/C15H16FN3O2S/c1-2-5-18-6-7-19(12-4-3-10(16)8-13(12)18)14(20)11-9-22-15(21)17-11/h3-4,8-9H,2,5-7H2,1H3,(H,17,21). The van der Waals surface area contributed by atoms with Crippen molar-refractivity contribution in [3.63, 3.8) is 0 Å². The Kier molecular flexibility index (Phi) is 3.98. The molecule has 0 atom stereocenters. The number of amides is 1. The Labute approximate surface area is 131 Å². The maximum Gasteiger partial charge on any atom is 0.305 e. The van der Waals surface area contributed by atoms with Crippen molar-refractivity contribution in [1.29, 1.82) is 0 Å². The molecule has 2 aromatic rings. The number of hydrogen-bond acceptors (Lipinski definition) is 4. The normalized spacial score (nSPS) is 14.1. The quantitative estimate of drug-likeness (QED) is 0.945. The van der Waals surface area contributed by atoms with E-state index in [1.54, 1.807) is 11.0 Å². The molecule has 1 N–H and O–H groups in total. The number of rotatable bonds is 3. The number of carbonyl (C=O) groups is 1. The van der Waals surface area contributed by atoms with Crippen molar-refractivity contribution < 1.29 is 9.18 Å². The highest BCUT2D eigenvalue weighted by Gasteiger charge is 2.28. The monoisotopic (exact) mass is 321 g/mol. The minimum atomic E-state index is -0.321. The lowest BCUT2D eigenvalue weighted by atomic mass is 10.1. The number of nitrogens with zero attached hydrogens (tertiary/aromatic N) is 2. The van der Waals surface area contributed by atoms with Gasteiger partial charge in [-0.15, -0.1) is 0 Å². The van der Waals surface area contributed by atoms with E-state index in [0.29, 0.717) is 18.8 Å². The van der Waals surface area contributed by atoms with E-state index in [4.69, 9.17) is 0 Å². The predicted molar refractivity (Wildman–Crippen MR) is 85.5 cm³/mol. The first kappa shape index (κ1) is 14.8. The maximum atomic E-state index is 13.6. The van der Waals surface area contributed by atoms with Crippen LogP contribution in [0.4, 0.5) is 15.8 Å². The van der Waals surface area contributed by atoms with Gasteiger partial charge in [-0.2, -0.15) is 0 Å². The fourth-order valence-corrected chi connectivity index (χ4v) is 3.24. The maximum absolute atomic E-state index is 13.6. The summed E-state index contributed by atoms with van der Waals surface area (Å²) in [5, 5.41) is 1.52. The van der Waals surface area contributed by atoms with E-state index in [-0.39, 0.29) is 22.3 Å². The first-order chi connectivity index (χ1) is 10.6. The van der Waals surface area contributed by atoms with Crippen LogP contribution in [0, 0.1) is 5.82 Å². The zero-order valence-electron chi connectivity index (χ0n) is 12.1. The van der Waals surface area contributed by atoms with E-state index in [1.807, 2.05) is 0 Å². The SMILES string of the molecule is CCCN1CCN(C(=O)c2csc(=O)[nH]2)c2ccc(F)cc21. The Bertz CT molecular complexity index is 755. The van der Waals surface area contributed by atoms with Crippen molar-refractivity contribution in [3.8, 4) is 0 Å². The lowest BCUT2D eigenvalue weighted by Crippen LogP contribution is -2.44. The van der Waals surface area contributed by atoms with Gasteiger partial charge in [0.25, 0.3) is 5.91 Å². The third-order valence-electron chi connectivity index (χ3n) is 3.65. The summed E-state index contributed by atoms with van der Waals surface area (Å²) < 4.78 is 13.6. The van der Waals surface area contributed by atoms with Gasteiger partial charge in [0.2, 0.25) is 0 Å². The Morgan fingerprint density at radius 1 is 1.36 bits per heavy atom. The van der Waals surface area contributed by atoms with Crippen LogP contribution < -0.4 is 14.7 Å². The Balaban J connectivity index is 1.99. The number of benzene rings is 1. The largest absolute Gasteiger partial charge is 0.368 e. The highest BCUT2D eigenvalue weighted by molar-refractivity contribution is 7.07. The fraction of sp³-hybridized carbons (Fsp3) is 0.333. The average Bonchev–Trinajstić information content (AvgIpc) is 2.94. The van der Waals surface area contributed by atoms with E-state index in [9.17, 15) is 14.0 Å². The average molecular weight is 321 g/mol. The molecule has 0 fully saturated rings. The summed E-state index contributed by atoms with van der Waals surface area (Å²) in [6.45, 7) is 4.03. The number of H-pyrrole nitrogens is 1. The lowest BCUT2D eigenvalue weighted by Gasteiger charge is -2.37. The van der Waals surface area contributed by atoms with E-state index < -0.39 is 0 Å². The number of carbonyl (C=O) groups excluding carboxylic acids is 1. The third-order valence-corrected chi connectivity index (χ3v) is 4.32. The van der Waals surface area contributed by atoms with Crippen LogP contribution in [-0.2, 0) is 0 Å². The second kappa shape index (κ2) is 5.92. The van der Waals surface area contributed by atoms with E-state index >= 15 is 0 Å². The molecule has 0 aliphatic carbocycles. The molecule has 116 valence electrons. The van der Waals surface area contributed by atoms with Crippen molar-refractivity contribution in [3.05, 3.63) is 44.8 Å². The minimum absolute atomic E-state index is 0.257. The van der Waals surface area contributed by atoms with Crippen LogP contribution in [0.1, 0.15) is 23.8 Å². The molecule has 7 heteroatoms. The summed E-state index contributed by atoms with van der Waals surface area (Å²) in [6, 6.07) is 4.43. The summed E-state index contributed by atoms with van der Waals surface area (Å²) in [6.07, 6.45) is 0.946. The number of fused-ring (bicyclic) bond motifs is 1. The second-order valence-electron chi connectivity index (χ2n) is 5.14. The Hall–Kier alpha value is -2.15. The smallest absolute Gasteiger partial charge is 0.305 e. The van der Waals surface area contributed by atoms with Crippen molar-refractivity contribution in [1.82, 2.24) is 4.98 Å². The molecule has 0 saturated carbocycles. The van der Waals surface area contributed by atoms with Crippen molar-refractivity contribution in [2.45, 2.75) is 13.3 Å². The molecular formula is C15H16FN3O2S. The van der Waals surface area contributed by atoms with Crippen LogP contribution in [-0.4, -0.2) is 30.5 Å². The van der Waals surface area contributed by atoms with Gasteiger partial charge in [0.05, 0.1) is 11.4 Å². The zero-order chi connectivity index (χ0) is 15.7. The molecule has 1 aromatic heterocycles. The molecule has 1 aliphatic rings. The number of thiazole rings is 1.